The van der Waals surface area contributed by atoms with E-state index in [4.69, 9.17) is 0 Å². The van der Waals surface area contributed by atoms with E-state index in [1.54, 1.807) is 30.3 Å². The highest BCUT2D eigenvalue weighted by atomic mass is 16.2. The minimum absolute atomic E-state index is 0.0559. The fourth-order valence-corrected chi connectivity index (χ4v) is 2.12. The molecule has 0 aliphatic heterocycles. The topological polar surface area (TPSA) is 63.2 Å². The van der Waals surface area contributed by atoms with Gasteiger partial charge in [0.05, 0.1) is 5.92 Å². The Kier molecular flexibility index (Phi) is 3.87. The van der Waals surface area contributed by atoms with Gasteiger partial charge in [0, 0.05) is 12.0 Å². The lowest BCUT2D eigenvalue weighted by Gasteiger charge is -2.19. The summed E-state index contributed by atoms with van der Waals surface area (Å²) >= 11 is 0. The van der Waals surface area contributed by atoms with Crippen LogP contribution in [-0.4, -0.2) is 17.6 Å². The molecule has 0 saturated heterocycles. The SMILES string of the molecule is O=C(NC(=O)[C@H]1CCCCC1=O)c1ccccc1. The van der Waals surface area contributed by atoms with Gasteiger partial charge in [0.1, 0.15) is 5.78 Å². The van der Waals surface area contributed by atoms with Crippen molar-refractivity contribution in [2.24, 2.45) is 5.92 Å². The lowest BCUT2D eigenvalue weighted by molar-refractivity contribution is -0.134. The number of carbonyl (C=O) groups excluding carboxylic acids is 3. The zero-order valence-corrected chi connectivity index (χ0v) is 10.0. The van der Waals surface area contributed by atoms with Gasteiger partial charge in [-0.15, -0.1) is 0 Å². The Morgan fingerprint density at radius 3 is 2.50 bits per heavy atom. The van der Waals surface area contributed by atoms with E-state index in [0.717, 1.165) is 12.8 Å². The van der Waals surface area contributed by atoms with E-state index < -0.39 is 17.7 Å². The molecule has 1 aliphatic carbocycles. The van der Waals surface area contributed by atoms with Crippen LogP contribution in [0.3, 0.4) is 0 Å². The third kappa shape index (κ3) is 2.83. The van der Waals surface area contributed by atoms with Crippen molar-refractivity contribution in [1.82, 2.24) is 5.32 Å². The lowest BCUT2D eigenvalue weighted by atomic mass is 9.87. The number of carbonyl (C=O) groups is 3. The second-order valence-corrected chi connectivity index (χ2v) is 4.45. The van der Waals surface area contributed by atoms with Crippen LogP contribution in [0.5, 0.6) is 0 Å². The Bertz CT molecular complexity index is 467. The molecule has 94 valence electrons. The standard InChI is InChI=1S/C14H15NO3/c16-12-9-5-4-8-11(12)14(18)15-13(17)10-6-2-1-3-7-10/h1-3,6-7,11H,4-5,8-9H2,(H,15,17,18)/t11-/m0/s1. The van der Waals surface area contributed by atoms with E-state index in [9.17, 15) is 14.4 Å². The summed E-state index contributed by atoms with van der Waals surface area (Å²) in [6.45, 7) is 0. The average Bonchev–Trinajstić information content (AvgIpc) is 2.40. The number of imide groups is 1. The highest BCUT2D eigenvalue weighted by Gasteiger charge is 2.29. The molecule has 1 atom stereocenters. The molecule has 1 aliphatic rings. The molecule has 0 spiro atoms. The van der Waals surface area contributed by atoms with Gasteiger partial charge in [-0.2, -0.15) is 0 Å². The summed E-state index contributed by atoms with van der Waals surface area (Å²) in [4.78, 5) is 35.2. The monoisotopic (exact) mass is 245 g/mol. The number of Topliss-reactive ketones (excluding diaryl/α,β-unsaturated/α-hetero) is 1. The van der Waals surface area contributed by atoms with Crippen molar-refractivity contribution in [2.45, 2.75) is 25.7 Å². The first-order valence-corrected chi connectivity index (χ1v) is 6.11. The zero-order valence-electron chi connectivity index (χ0n) is 10.0. The molecule has 18 heavy (non-hydrogen) atoms. The van der Waals surface area contributed by atoms with Crippen LogP contribution in [0.1, 0.15) is 36.0 Å². The summed E-state index contributed by atoms with van der Waals surface area (Å²) in [5.74, 6) is -1.61. The molecule has 2 amide bonds. The third-order valence-electron chi connectivity index (χ3n) is 3.14. The van der Waals surface area contributed by atoms with E-state index in [2.05, 4.69) is 5.32 Å². The third-order valence-corrected chi connectivity index (χ3v) is 3.14. The van der Waals surface area contributed by atoms with Crippen LogP contribution in [0, 0.1) is 5.92 Å². The number of amides is 2. The van der Waals surface area contributed by atoms with Crippen molar-refractivity contribution in [1.29, 1.82) is 0 Å². The van der Waals surface area contributed by atoms with Gasteiger partial charge in [-0.05, 0) is 25.0 Å². The first-order valence-electron chi connectivity index (χ1n) is 6.11. The Hall–Kier alpha value is -1.97. The maximum atomic E-state index is 11.8. The Morgan fingerprint density at radius 1 is 1.11 bits per heavy atom. The predicted molar refractivity (Wildman–Crippen MR) is 65.9 cm³/mol. The summed E-state index contributed by atoms with van der Waals surface area (Å²) in [6.07, 6.45) is 2.70. The van der Waals surface area contributed by atoms with Gasteiger partial charge in [-0.25, -0.2) is 0 Å². The molecule has 2 rings (SSSR count). The second-order valence-electron chi connectivity index (χ2n) is 4.45. The first kappa shape index (κ1) is 12.5. The summed E-state index contributed by atoms with van der Waals surface area (Å²) in [5.41, 5.74) is 0.425. The zero-order chi connectivity index (χ0) is 13.0. The Balaban J connectivity index is 1.99. The van der Waals surface area contributed by atoms with Crippen molar-refractivity contribution in [3.63, 3.8) is 0 Å². The lowest BCUT2D eigenvalue weighted by Crippen LogP contribution is -2.40. The molecule has 1 fully saturated rings. The van der Waals surface area contributed by atoms with Gasteiger partial charge in [0.25, 0.3) is 5.91 Å². The highest BCUT2D eigenvalue weighted by Crippen LogP contribution is 2.20. The van der Waals surface area contributed by atoms with Crippen molar-refractivity contribution >= 4 is 17.6 Å². The molecule has 4 heteroatoms. The van der Waals surface area contributed by atoms with E-state index in [-0.39, 0.29) is 5.78 Å². The van der Waals surface area contributed by atoms with Crippen molar-refractivity contribution in [3.8, 4) is 0 Å². The van der Waals surface area contributed by atoms with Gasteiger partial charge < -0.3 is 0 Å². The van der Waals surface area contributed by atoms with Crippen molar-refractivity contribution in [3.05, 3.63) is 35.9 Å². The van der Waals surface area contributed by atoms with Crippen molar-refractivity contribution in [2.75, 3.05) is 0 Å². The summed E-state index contributed by atoms with van der Waals surface area (Å²) in [6, 6.07) is 8.51. The molecular weight excluding hydrogens is 230 g/mol. The highest BCUT2D eigenvalue weighted by molar-refractivity contribution is 6.11. The fourth-order valence-electron chi connectivity index (χ4n) is 2.12. The van der Waals surface area contributed by atoms with Crippen LogP contribution in [0.15, 0.2) is 30.3 Å². The fraction of sp³-hybridized carbons (Fsp3) is 0.357. The maximum absolute atomic E-state index is 11.8. The van der Waals surface area contributed by atoms with Crippen LogP contribution in [0.2, 0.25) is 0 Å². The smallest absolute Gasteiger partial charge is 0.257 e. The summed E-state index contributed by atoms with van der Waals surface area (Å²) in [7, 11) is 0. The number of benzene rings is 1. The molecule has 4 nitrogen and oxygen atoms in total. The summed E-state index contributed by atoms with van der Waals surface area (Å²) in [5, 5.41) is 2.30. The number of hydrogen-bond acceptors (Lipinski definition) is 3. The van der Waals surface area contributed by atoms with Crippen LogP contribution in [0.25, 0.3) is 0 Å². The average molecular weight is 245 g/mol. The van der Waals surface area contributed by atoms with E-state index in [1.165, 1.54) is 0 Å². The maximum Gasteiger partial charge on any atom is 0.257 e. The number of nitrogens with one attached hydrogen (secondary N) is 1. The molecule has 0 heterocycles. The van der Waals surface area contributed by atoms with Gasteiger partial charge in [0.2, 0.25) is 5.91 Å². The molecular formula is C14H15NO3. The number of rotatable bonds is 2. The second kappa shape index (κ2) is 5.58. The molecule has 0 bridgehead atoms. The molecule has 1 saturated carbocycles. The minimum Gasteiger partial charge on any atom is -0.299 e. The molecule has 0 radical (unpaired) electrons. The van der Waals surface area contributed by atoms with E-state index >= 15 is 0 Å². The number of ketones is 1. The van der Waals surface area contributed by atoms with Gasteiger partial charge in [-0.3, -0.25) is 19.7 Å². The van der Waals surface area contributed by atoms with E-state index in [0.29, 0.717) is 18.4 Å². The molecule has 0 unspecified atom stereocenters. The predicted octanol–water partition coefficient (Wildman–Crippen LogP) is 1.70. The quantitative estimate of drug-likeness (QED) is 0.637. The summed E-state index contributed by atoms with van der Waals surface area (Å²) < 4.78 is 0. The molecule has 1 N–H and O–H groups in total. The largest absolute Gasteiger partial charge is 0.299 e. The van der Waals surface area contributed by atoms with Gasteiger partial charge in [0.15, 0.2) is 0 Å². The molecule has 1 aromatic rings. The Labute approximate surface area is 105 Å². The van der Waals surface area contributed by atoms with E-state index in [1.807, 2.05) is 0 Å². The van der Waals surface area contributed by atoms with Gasteiger partial charge in [-0.1, -0.05) is 24.6 Å². The van der Waals surface area contributed by atoms with Crippen LogP contribution in [0.4, 0.5) is 0 Å². The molecule has 1 aromatic carbocycles. The normalized spacial score (nSPS) is 19.3. The van der Waals surface area contributed by atoms with Crippen LogP contribution < -0.4 is 5.32 Å². The number of hydrogen-bond donors (Lipinski definition) is 1. The van der Waals surface area contributed by atoms with Gasteiger partial charge >= 0.3 is 0 Å². The molecule has 0 aromatic heterocycles. The first-order chi connectivity index (χ1) is 8.68. The van der Waals surface area contributed by atoms with Crippen LogP contribution in [-0.2, 0) is 9.59 Å². The minimum atomic E-state index is -0.647. The van der Waals surface area contributed by atoms with Crippen molar-refractivity contribution < 1.29 is 14.4 Å². The van der Waals surface area contributed by atoms with Crippen LogP contribution >= 0.6 is 0 Å². The Morgan fingerprint density at radius 2 is 1.83 bits per heavy atom.